The Kier molecular flexibility index (Phi) is 2.69. The van der Waals surface area contributed by atoms with Crippen molar-refractivity contribution >= 4 is 17.0 Å². The van der Waals surface area contributed by atoms with Gasteiger partial charge < -0.3 is 5.32 Å². The van der Waals surface area contributed by atoms with E-state index in [1.807, 2.05) is 60.8 Å². The van der Waals surface area contributed by atoms with Crippen LogP contribution >= 0.6 is 0 Å². The molecule has 88 valence electrons. The summed E-state index contributed by atoms with van der Waals surface area (Å²) in [5, 5.41) is 3.18. The number of para-hydroxylation sites is 1. The zero-order valence-corrected chi connectivity index (χ0v) is 9.89. The van der Waals surface area contributed by atoms with Gasteiger partial charge in [0.05, 0.1) is 0 Å². The van der Waals surface area contributed by atoms with Crippen molar-refractivity contribution in [2.45, 2.75) is 6.42 Å². The third-order valence-electron chi connectivity index (χ3n) is 3.12. The largest absolute Gasteiger partial charge is 0.361 e. The molecule has 3 rings (SSSR count). The van der Waals surface area contributed by atoms with Crippen molar-refractivity contribution in [1.29, 1.82) is 0 Å². The molecule has 0 amide bonds. The molecule has 0 saturated carbocycles. The van der Waals surface area contributed by atoms with Crippen LogP contribution in [0.1, 0.15) is 11.1 Å². The second kappa shape index (κ2) is 4.49. The number of Topliss-reactive ketones (excluding diaryl/α,β-unsaturated/α-hetero) is 1. The molecule has 18 heavy (non-hydrogen) atoms. The minimum absolute atomic E-state index is 0.180. The van der Waals surface area contributed by atoms with Crippen molar-refractivity contribution in [1.82, 2.24) is 0 Å². The molecule has 0 aromatic heterocycles. The van der Waals surface area contributed by atoms with Gasteiger partial charge >= 0.3 is 0 Å². The lowest BCUT2D eigenvalue weighted by atomic mass is 10.1. The van der Waals surface area contributed by atoms with Crippen LogP contribution in [0.25, 0.3) is 5.57 Å². The van der Waals surface area contributed by atoms with Crippen LogP contribution in [0.5, 0.6) is 0 Å². The van der Waals surface area contributed by atoms with Crippen molar-refractivity contribution in [3.05, 3.63) is 71.9 Å². The number of carbonyl (C=O) groups excluding carboxylic acids is 1. The van der Waals surface area contributed by atoms with E-state index in [-0.39, 0.29) is 5.78 Å². The van der Waals surface area contributed by atoms with Crippen molar-refractivity contribution in [2.75, 3.05) is 5.32 Å². The van der Waals surface area contributed by atoms with Crippen molar-refractivity contribution in [3.63, 3.8) is 0 Å². The van der Waals surface area contributed by atoms with E-state index in [2.05, 4.69) is 5.32 Å². The molecule has 0 fully saturated rings. The first-order chi connectivity index (χ1) is 8.84. The van der Waals surface area contributed by atoms with E-state index in [4.69, 9.17) is 0 Å². The highest BCUT2D eigenvalue weighted by Gasteiger charge is 2.23. The summed E-state index contributed by atoms with van der Waals surface area (Å²) in [6.07, 6.45) is 2.32. The topological polar surface area (TPSA) is 29.1 Å². The smallest absolute Gasteiger partial charge is 0.169 e. The predicted molar refractivity (Wildman–Crippen MR) is 73.2 cm³/mol. The summed E-state index contributed by atoms with van der Waals surface area (Å²) in [6.45, 7) is 0. The monoisotopic (exact) mass is 235 g/mol. The van der Waals surface area contributed by atoms with E-state index < -0.39 is 0 Å². The maximum Gasteiger partial charge on any atom is 0.169 e. The summed E-state index contributed by atoms with van der Waals surface area (Å²) in [4.78, 5) is 11.9. The average molecular weight is 235 g/mol. The fraction of sp³-hybridized carbons (Fsp3) is 0.0625. The molecule has 2 aromatic rings. The molecule has 0 spiro atoms. The molecule has 0 radical (unpaired) electrons. The first kappa shape index (κ1) is 10.8. The van der Waals surface area contributed by atoms with Crippen LogP contribution in [0.4, 0.5) is 5.69 Å². The minimum Gasteiger partial charge on any atom is -0.361 e. The first-order valence-corrected chi connectivity index (χ1v) is 5.98. The Hall–Kier alpha value is -2.35. The molecule has 1 N–H and O–H groups in total. The Morgan fingerprint density at radius 2 is 1.67 bits per heavy atom. The second-order valence-electron chi connectivity index (χ2n) is 4.33. The summed E-state index contributed by atoms with van der Waals surface area (Å²) in [7, 11) is 0. The van der Waals surface area contributed by atoms with E-state index in [1.165, 1.54) is 0 Å². The Balaban J connectivity index is 1.91. The summed E-state index contributed by atoms with van der Waals surface area (Å²) < 4.78 is 0. The number of nitrogens with one attached hydrogen (secondary N) is 1. The van der Waals surface area contributed by atoms with Gasteiger partial charge in [-0.05, 0) is 23.3 Å². The molecular formula is C16H13NO. The number of allylic oxidation sites excluding steroid dienone is 1. The van der Waals surface area contributed by atoms with E-state index in [0.29, 0.717) is 6.42 Å². The second-order valence-corrected chi connectivity index (χ2v) is 4.33. The number of fused-ring (bicyclic) bond motifs is 1. The van der Waals surface area contributed by atoms with E-state index in [0.717, 1.165) is 22.4 Å². The number of hydrogen-bond acceptors (Lipinski definition) is 2. The predicted octanol–water partition coefficient (Wildman–Crippen LogP) is 3.26. The maximum atomic E-state index is 11.9. The number of rotatable bonds is 2. The van der Waals surface area contributed by atoms with E-state index in [1.54, 1.807) is 0 Å². The van der Waals surface area contributed by atoms with Gasteiger partial charge in [-0.1, -0.05) is 42.5 Å². The zero-order chi connectivity index (χ0) is 12.4. The highest BCUT2D eigenvalue weighted by atomic mass is 16.1. The van der Waals surface area contributed by atoms with Gasteiger partial charge in [0.1, 0.15) is 0 Å². The van der Waals surface area contributed by atoms with Crippen molar-refractivity contribution in [2.24, 2.45) is 0 Å². The molecule has 0 aliphatic heterocycles. The van der Waals surface area contributed by atoms with Gasteiger partial charge in [0.15, 0.2) is 5.78 Å². The van der Waals surface area contributed by atoms with Crippen LogP contribution in [-0.2, 0) is 11.2 Å². The number of benzene rings is 2. The third kappa shape index (κ3) is 1.93. The summed E-state index contributed by atoms with van der Waals surface area (Å²) in [5.41, 5.74) is 3.92. The van der Waals surface area contributed by atoms with Gasteiger partial charge in [-0.3, -0.25) is 4.79 Å². The van der Waals surface area contributed by atoms with Gasteiger partial charge in [-0.25, -0.2) is 0 Å². The van der Waals surface area contributed by atoms with Gasteiger partial charge in [0.2, 0.25) is 0 Å². The summed E-state index contributed by atoms with van der Waals surface area (Å²) in [5.74, 6) is 0.180. The quantitative estimate of drug-likeness (QED) is 0.809. The van der Waals surface area contributed by atoms with Gasteiger partial charge in [-0.15, -0.1) is 0 Å². The Morgan fingerprint density at radius 3 is 2.50 bits per heavy atom. The minimum atomic E-state index is 0.180. The average Bonchev–Trinajstić information content (AvgIpc) is 2.73. The Bertz CT molecular complexity index is 614. The maximum absolute atomic E-state index is 11.9. The molecule has 0 saturated heterocycles. The standard InChI is InChI=1S/C16H13NO/c18-16-10-12-6-4-5-9-14(12)15(16)11-17-13-7-2-1-3-8-13/h1-9,11,17H,10H2/b15-11+. The lowest BCUT2D eigenvalue weighted by Crippen LogP contribution is -1.97. The highest BCUT2D eigenvalue weighted by molar-refractivity contribution is 6.25. The van der Waals surface area contributed by atoms with Crippen LogP contribution in [0.3, 0.4) is 0 Å². The van der Waals surface area contributed by atoms with E-state index in [9.17, 15) is 4.79 Å². The molecule has 1 aliphatic rings. The molecule has 0 bridgehead atoms. The number of ketones is 1. The highest BCUT2D eigenvalue weighted by Crippen LogP contribution is 2.29. The molecule has 2 heteroatoms. The zero-order valence-electron chi connectivity index (χ0n) is 9.89. The number of hydrogen-bond donors (Lipinski definition) is 1. The Morgan fingerprint density at radius 1 is 0.944 bits per heavy atom. The molecule has 0 heterocycles. The Labute approximate surface area is 106 Å². The van der Waals surface area contributed by atoms with Gasteiger partial charge in [0.25, 0.3) is 0 Å². The van der Waals surface area contributed by atoms with Crippen molar-refractivity contribution < 1.29 is 4.79 Å². The SMILES string of the molecule is O=C1Cc2ccccc2/C1=C\Nc1ccccc1. The van der Waals surface area contributed by atoms with Crippen LogP contribution in [-0.4, -0.2) is 5.78 Å². The van der Waals surface area contributed by atoms with Crippen LogP contribution in [0, 0.1) is 0 Å². The number of carbonyl (C=O) groups is 1. The molecule has 2 aromatic carbocycles. The van der Waals surface area contributed by atoms with Crippen molar-refractivity contribution in [3.8, 4) is 0 Å². The molecule has 1 aliphatic carbocycles. The lowest BCUT2D eigenvalue weighted by Gasteiger charge is -2.02. The van der Waals surface area contributed by atoms with Crippen LogP contribution in [0.15, 0.2) is 60.8 Å². The molecule has 2 nitrogen and oxygen atoms in total. The van der Waals surface area contributed by atoms with E-state index >= 15 is 0 Å². The fourth-order valence-electron chi connectivity index (χ4n) is 2.20. The molecule has 0 unspecified atom stereocenters. The molecule has 0 atom stereocenters. The summed E-state index contributed by atoms with van der Waals surface area (Å²) >= 11 is 0. The lowest BCUT2D eigenvalue weighted by molar-refractivity contribution is -0.112. The number of anilines is 1. The summed E-state index contributed by atoms with van der Waals surface area (Å²) in [6, 6.07) is 17.8. The van der Waals surface area contributed by atoms with Crippen LogP contribution < -0.4 is 5.32 Å². The molecular weight excluding hydrogens is 222 g/mol. The van der Waals surface area contributed by atoms with Gasteiger partial charge in [0, 0.05) is 23.9 Å². The third-order valence-corrected chi connectivity index (χ3v) is 3.12. The first-order valence-electron chi connectivity index (χ1n) is 5.98. The fourth-order valence-corrected chi connectivity index (χ4v) is 2.20. The normalized spacial score (nSPS) is 15.8. The van der Waals surface area contributed by atoms with Gasteiger partial charge in [-0.2, -0.15) is 0 Å². The van der Waals surface area contributed by atoms with Crippen LogP contribution in [0.2, 0.25) is 0 Å².